The smallest absolute Gasteiger partial charge is 0.191 e. The molecule has 136 valence electrons. The highest BCUT2D eigenvalue weighted by atomic mass is 32.2. The van der Waals surface area contributed by atoms with Crippen molar-refractivity contribution in [2.24, 2.45) is 0 Å². The van der Waals surface area contributed by atoms with Gasteiger partial charge in [0.05, 0.1) is 6.61 Å². The number of carbonyl (C=O) groups is 1. The molecular weight excluding hydrogens is 316 g/mol. The second-order valence-electron chi connectivity index (χ2n) is 6.32. The van der Waals surface area contributed by atoms with Gasteiger partial charge in [-0.25, -0.2) is 0 Å². The lowest BCUT2D eigenvalue weighted by Crippen LogP contribution is -2.51. The standard InChI is InChI=1S/C17H32O5S/c1-2-3-4-5-6-7-8-9-10-11-14(19)23-17-16(21)15(20)13(18)12-22-17/h13,15-18,20-21H,2-12H2,1H3/t13-,15+,16-,17+/m1/s1. The Labute approximate surface area is 143 Å². The molecule has 1 rings (SSSR count). The third kappa shape index (κ3) is 8.49. The number of carbonyl (C=O) groups excluding carboxylic acids is 1. The lowest BCUT2D eigenvalue weighted by molar-refractivity contribution is -0.161. The minimum absolute atomic E-state index is 0.0272. The molecule has 0 amide bonds. The van der Waals surface area contributed by atoms with Crippen LogP contribution in [0, 0.1) is 0 Å². The molecule has 1 aliphatic heterocycles. The van der Waals surface area contributed by atoms with E-state index >= 15 is 0 Å². The average Bonchev–Trinajstić information content (AvgIpc) is 2.54. The van der Waals surface area contributed by atoms with Gasteiger partial charge in [0.15, 0.2) is 5.12 Å². The van der Waals surface area contributed by atoms with Crippen LogP contribution in [0.15, 0.2) is 0 Å². The first-order chi connectivity index (χ1) is 11.1. The van der Waals surface area contributed by atoms with Crippen LogP contribution in [0.3, 0.4) is 0 Å². The van der Waals surface area contributed by atoms with E-state index in [9.17, 15) is 20.1 Å². The Morgan fingerprint density at radius 3 is 2.13 bits per heavy atom. The number of thioether (sulfide) groups is 1. The first-order valence-electron chi connectivity index (χ1n) is 8.91. The van der Waals surface area contributed by atoms with Crippen molar-refractivity contribution < 1.29 is 24.9 Å². The summed E-state index contributed by atoms with van der Waals surface area (Å²) in [5, 5.41) is 28.7. The van der Waals surface area contributed by atoms with Crippen LogP contribution in [0.25, 0.3) is 0 Å². The molecule has 0 spiro atoms. The molecule has 4 atom stereocenters. The molecule has 0 aromatic carbocycles. The monoisotopic (exact) mass is 348 g/mol. The molecular formula is C17H32O5S. The summed E-state index contributed by atoms with van der Waals surface area (Å²) in [7, 11) is 0. The first-order valence-corrected chi connectivity index (χ1v) is 9.79. The third-order valence-corrected chi connectivity index (χ3v) is 5.30. The van der Waals surface area contributed by atoms with Crippen LogP contribution in [0.5, 0.6) is 0 Å². The molecule has 1 saturated heterocycles. The minimum Gasteiger partial charge on any atom is -0.388 e. The van der Waals surface area contributed by atoms with E-state index in [1.807, 2.05) is 0 Å². The summed E-state index contributed by atoms with van der Waals surface area (Å²) in [5.41, 5.74) is -0.778. The van der Waals surface area contributed by atoms with E-state index in [1.54, 1.807) is 0 Å². The van der Waals surface area contributed by atoms with Gasteiger partial charge in [-0.1, -0.05) is 70.1 Å². The normalized spacial score (nSPS) is 28.0. The summed E-state index contributed by atoms with van der Waals surface area (Å²) in [4.78, 5) is 11.9. The van der Waals surface area contributed by atoms with Crippen molar-refractivity contribution in [1.29, 1.82) is 0 Å². The number of aliphatic hydroxyl groups excluding tert-OH is 3. The van der Waals surface area contributed by atoms with Crippen molar-refractivity contribution in [1.82, 2.24) is 0 Å². The molecule has 5 nitrogen and oxygen atoms in total. The zero-order valence-electron chi connectivity index (χ0n) is 14.2. The highest BCUT2D eigenvalue weighted by Crippen LogP contribution is 2.26. The van der Waals surface area contributed by atoms with Crippen LogP contribution in [0.4, 0.5) is 0 Å². The van der Waals surface area contributed by atoms with E-state index in [0.717, 1.165) is 31.0 Å². The zero-order valence-corrected chi connectivity index (χ0v) is 15.0. The first kappa shape index (κ1) is 20.9. The van der Waals surface area contributed by atoms with Gasteiger partial charge in [-0.2, -0.15) is 0 Å². The fourth-order valence-electron chi connectivity index (χ4n) is 2.65. The Balaban J connectivity index is 2.02. The van der Waals surface area contributed by atoms with Gasteiger partial charge in [-0.05, 0) is 6.42 Å². The van der Waals surface area contributed by atoms with Gasteiger partial charge in [0.2, 0.25) is 0 Å². The SMILES string of the molecule is CCCCCCCCCCCC(=O)S[C@@H]1OC[C@@H](O)[C@H](O)[C@H]1O. The van der Waals surface area contributed by atoms with Crippen LogP contribution in [-0.4, -0.2) is 50.8 Å². The molecule has 0 aromatic rings. The zero-order chi connectivity index (χ0) is 17.1. The predicted molar refractivity (Wildman–Crippen MR) is 92.2 cm³/mol. The number of hydrogen-bond acceptors (Lipinski definition) is 6. The quantitative estimate of drug-likeness (QED) is 0.498. The Morgan fingerprint density at radius 2 is 1.52 bits per heavy atom. The van der Waals surface area contributed by atoms with Crippen molar-refractivity contribution in [2.75, 3.05) is 6.61 Å². The number of hydrogen-bond donors (Lipinski definition) is 3. The highest BCUT2D eigenvalue weighted by Gasteiger charge is 2.38. The highest BCUT2D eigenvalue weighted by molar-refractivity contribution is 8.14. The Bertz CT molecular complexity index is 326. The molecule has 0 unspecified atom stereocenters. The molecule has 1 heterocycles. The summed E-state index contributed by atoms with van der Waals surface area (Å²) in [6, 6.07) is 0. The molecule has 0 aliphatic carbocycles. The lowest BCUT2D eigenvalue weighted by Gasteiger charge is -2.34. The molecule has 3 N–H and O–H groups in total. The number of rotatable bonds is 11. The van der Waals surface area contributed by atoms with Crippen LogP contribution < -0.4 is 0 Å². The molecule has 23 heavy (non-hydrogen) atoms. The maximum Gasteiger partial charge on any atom is 0.191 e. The van der Waals surface area contributed by atoms with E-state index < -0.39 is 23.7 Å². The van der Waals surface area contributed by atoms with Crippen LogP contribution in [-0.2, 0) is 9.53 Å². The Morgan fingerprint density at radius 1 is 0.957 bits per heavy atom. The Kier molecular flexibility index (Phi) is 11.1. The summed E-state index contributed by atoms with van der Waals surface area (Å²) in [6.07, 6.45) is 7.73. The fraction of sp³-hybridized carbons (Fsp3) is 0.941. The fourth-order valence-corrected chi connectivity index (χ4v) is 3.62. The summed E-state index contributed by atoms with van der Waals surface area (Å²) >= 11 is 0.930. The van der Waals surface area contributed by atoms with Gasteiger partial charge in [0.1, 0.15) is 23.7 Å². The number of ether oxygens (including phenoxy) is 1. The predicted octanol–water partition coefficient (Wildman–Crippen LogP) is 2.61. The summed E-state index contributed by atoms with van der Waals surface area (Å²) in [5.74, 6) is 0. The van der Waals surface area contributed by atoms with Gasteiger partial charge in [-0.15, -0.1) is 0 Å². The second-order valence-corrected chi connectivity index (χ2v) is 7.47. The van der Waals surface area contributed by atoms with E-state index in [0.29, 0.717) is 6.42 Å². The molecule has 6 heteroatoms. The van der Waals surface area contributed by atoms with E-state index in [-0.39, 0.29) is 11.7 Å². The number of aliphatic hydroxyl groups is 3. The molecule has 0 bridgehead atoms. The molecule has 1 fully saturated rings. The van der Waals surface area contributed by atoms with Gasteiger partial charge >= 0.3 is 0 Å². The number of unbranched alkanes of at least 4 members (excludes halogenated alkanes) is 8. The van der Waals surface area contributed by atoms with Gasteiger partial charge in [-0.3, -0.25) is 4.79 Å². The van der Waals surface area contributed by atoms with Crippen molar-refractivity contribution in [2.45, 2.75) is 94.9 Å². The minimum atomic E-state index is -1.25. The molecule has 0 radical (unpaired) electrons. The van der Waals surface area contributed by atoms with Crippen molar-refractivity contribution in [3.05, 3.63) is 0 Å². The molecule has 0 aromatic heterocycles. The van der Waals surface area contributed by atoms with Crippen LogP contribution >= 0.6 is 11.8 Å². The van der Waals surface area contributed by atoms with Crippen molar-refractivity contribution in [3.8, 4) is 0 Å². The third-order valence-electron chi connectivity index (χ3n) is 4.19. The maximum atomic E-state index is 11.9. The molecule has 0 saturated carbocycles. The summed E-state index contributed by atoms with van der Waals surface area (Å²) < 4.78 is 5.22. The molecule has 1 aliphatic rings. The largest absolute Gasteiger partial charge is 0.388 e. The topological polar surface area (TPSA) is 87.0 Å². The summed E-state index contributed by atoms with van der Waals surface area (Å²) in [6.45, 7) is 2.16. The van der Waals surface area contributed by atoms with Crippen LogP contribution in [0.2, 0.25) is 0 Å². The van der Waals surface area contributed by atoms with Crippen molar-refractivity contribution >= 4 is 16.9 Å². The van der Waals surface area contributed by atoms with Crippen LogP contribution in [0.1, 0.15) is 71.1 Å². The van der Waals surface area contributed by atoms with Gasteiger partial charge in [0, 0.05) is 6.42 Å². The van der Waals surface area contributed by atoms with Gasteiger partial charge < -0.3 is 20.1 Å². The average molecular weight is 349 g/mol. The van der Waals surface area contributed by atoms with Gasteiger partial charge in [0.25, 0.3) is 0 Å². The van der Waals surface area contributed by atoms with E-state index in [4.69, 9.17) is 4.74 Å². The lowest BCUT2D eigenvalue weighted by atomic mass is 10.1. The van der Waals surface area contributed by atoms with Crippen molar-refractivity contribution in [3.63, 3.8) is 0 Å². The van der Waals surface area contributed by atoms with E-state index in [1.165, 1.54) is 38.5 Å². The Hall–Kier alpha value is -0.140. The second kappa shape index (κ2) is 12.3. The maximum absolute atomic E-state index is 11.9. The van der Waals surface area contributed by atoms with E-state index in [2.05, 4.69) is 6.92 Å².